The lowest BCUT2D eigenvalue weighted by Crippen LogP contribution is -2.15. The third-order valence-electron chi connectivity index (χ3n) is 2.26. The molecule has 0 saturated carbocycles. The van der Waals surface area contributed by atoms with E-state index in [0.717, 1.165) is 6.61 Å². The van der Waals surface area contributed by atoms with Gasteiger partial charge in [0.2, 0.25) is 0 Å². The van der Waals surface area contributed by atoms with Crippen molar-refractivity contribution in [3.8, 4) is 0 Å². The smallest absolute Gasteiger partial charge is 0.0745 e. The van der Waals surface area contributed by atoms with E-state index in [-0.39, 0.29) is 6.10 Å². The zero-order valence-electron chi connectivity index (χ0n) is 9.25. The van der Waals surface area contributed by atoms with E-state index < -0.39 is 0 Å². The molecule has 80 valence electrons. The Morgan fingerprint density at radius 2 is 1.92 bits per heavy atom. The van der Waals surface area contributed by atoms with Gasteiger partial charge in [-0.1, -0.05) is 33.1 Å². The van der Waals surface area contributed by atoms with Crippen LogP contribution in [-0.4, -0.2) is 24.4 Å². The number of aliphatic hydroxyl groups is 1. The molecule has 2 atom stereocenters. The molecular formula is C11H24O2. The second kappa shape index (κ2) is 8.52. The Hall–Kier alpha value is -0.0800. The molecule has 2 nitrogen and oxygen atoms in total. The van der Waals surface area contributed by atoms with Crippen molar-refractivity contribution in [1.82, 2.24) is 0 Å². The summed E-state index contributed by atoms with van der Waals surface area (Å²) in [7, 11) is 0. The summed E-state index contributed by atoms with van der Waals surface area (Å²) in [6, 6.07) is 0. The van der Waals surface area contributed by atoms with Crippen LogP contribution in [0.3, 0.4) is 0 Å². The molecule has 0 spiro atoms. The molecule has 0 rings (SSSR count). The number of unbranched alkanes of at least 4 members (excludes halogenated alkanes) is 1. The summed E-state index contributed by atoms with van der Waals surface area (Å²) in [5.74, 6) is 0.679. The average molecular weight is 188 g/mol. The van der Waals surface area contributed by atoms with Crippen molar-refractivity contribution in [2.45, 2.75) is 52.6 Å². The monoisotopic (exact) mass is 188 g/mol. The van der Waals surface area contributed by atoms with Crippen LogP contribution in [0.1, 0.15) is 46.5 Å². The lowest BCUT2D eigenvalue weighted by molar-refractivity contribution is 0.0269. The quantitative estimate of drug-likeness (QED) is 0.634. The topological polar surface area (TPSA) is 29.5 Å². The summed E-state index contributed by atoms with van der Waals surface area (Å²) in [6.45, 7) is 7.45. The normalized spacial score (nSPS) is 15.7. The van der Waals surface area contributed by atoms with Crippen molar-refractivity contribution in [1.29, 1.82) is 0 Å². The van der Waals surface area contributed by atoms with E-state index in [4.69, 9.17) is 9.84 Å². The van der Waals surface area contributed by atoms with E-state index in [2.05, 4.69) is 13.8 Å². The lowest BCUT2D eigenvalue weighted by Gasteiger charge is -2.15. The Morgan fingerprint density at radius 3 is 2.38 bits per heavy atom. The molecule has 0 aliphatic heterocycles. The van der Waals surface area contributed by atoms with E-state index in [1.807, 2.05) is 0 Å². The summed E-state index contributed by atoms with van der Waals surface area (Å²) >= 11 is 0. The molecule has 0 aromatic rings. The molecule has 0 aliphatic carbocycles. The van der Waals surface area contributed by atoms with Gasteiger partial charge in [0.05, 0.1) is 12.7 Å². The van der Waals surface area contributed by atoms with E-state index in [0.29, 0.717) is 12.5 Å². The summed E-state index contributed by atoms with van der Waals surface area (Å²) < 4.78 is 5.40. The van der Waals surface area contributed by atoms with Gasteiger partial charge in [0, 0.05) is 6.61 Å². The van der Waals surface area contributed by atoms with Crippen LogP contribution >= 0.6 is 0 Å². The molecule has 0 fully saturated rings. The number of hydrogen-bond acceptors (Lipinski definition) is 2. The lowest BCUT2D eigenvalue weighted by atomic mass is 10.0. The van der Waals surface area contributed by atoms with E-state index >= 15 is 0 Å². The molecule has 0 radical (unpaired) electrons. The highest BCUT2D eigenvalue weighted by molar-refractivity contribution is 4.56. The van der Waals surface area contributed by atoms with Crippen molar-refractivity contribution in [2.24, 2.45) is 5.92 Å². The fraction of sp³-hybridized carbons (Fsp3) is 1.00. The first-order valence-electron chi connectivity index (χ1n) is 5.46. The van der Waals surface area contributed by atoms with Gasteiger partial charge in [-0.25, -0.2) is 0 Å². The summed E-state index contributed by atoms with van der Waals surface area (Å²) in [6.07, 6.45) is 4.65. The molecule has 0 bridgehead atoms. The third-order valence-corrected chi connectivity index (χ3v) is 2.26. The summed E-state index contributed by atoms with van der Waals surface area (Å²) in [4.78, 5) is 0. The average Bonchev–Trinajstić information content (AvgIpc) is 2.10. The maximum absolute atomic E-state index is 8.99. The van der Waals surface area contributed by atoms with Gasteiger partial charge in [-0.2, -0.15) is 0 Å². The van der Waals surface area contributed by atoms with Crippen molar-refractivity contribution in [3.63, 3.8) is 0 Å². The Kier molecular flexibility index (Phi) is 8.46. The van der Waals surface area contributed by atoms with Crippen LogP contribution in [0, 0.1) is 5.92 Å². The van der Waals surface area contributed by atoms with Crippen LogP contribution in [0.5, 0.6) is 0 Å². The SMILES string of the molecule is CCCCC(CC)COCC(C)O. The van der Waals surface area contributed by atoms with Crippen molar-refractivity contribution >= 4 is 0 Å². The van der Waals surface area contributed by atoms with Crippen LogP contribution in [-0.2, 0) is 4.74 Å². The Balaban J connectivity index is 3.36. The standard InChI is InChI=1S/C11H24O2/c1-4-6-7-11(5-2)9-13-8-10(3)12/h10-12H,4-9H2,1-3H3. The first kappa shape index (κ1) is 12.9. The first-order chi connectivity index (χ1) is 6.20. The van der Waals surface area contributed by atoms with Gasteiger partial charge in [0.15, 0.2) is 0 Å². The molecule has 0 saturated heterocycles. The van der Waals surface area contributed by atoms with Crippen LogP contribution in [0.4, 0.5) is 0 Å². The summed E-state index contributed by atoms with van der Waals surface area (Å²) in [5.41, 5.74) is 0. The van der Waals surface area contributed by atoms with Gasteiger partial charge in [-0.3, -0.25) is 0 Å². The highest BCUT2D eigenvalue weighted by Crippen LogP contribution is 2.12. The van der Waals surface area contributed by atoms with Gasteiger partial charge in [-0.15, -0.1) is 0 Å². The zero-order valence-corrected chi connectivity index (χ0v) is 9.25. The van der Waals surface area contributed by atoms with Gasteiger partial charge in [-0.05, 0) is 19.3 Å². The molecule has 1 N–H and O–H groups in total. The predicted molar refractivity (Wildman–Crippen MR) is 55.8 cm³/mol. The Labute approximate surface area is 82.3 Å². The Bertz CT molecular complexity index is 102. The van der Waals surface area contributed by atoms with Gasteiger partial charge >= 0.3 is 0 Å². The maximum atomic E-state index is 8.99. The Morgan fingerprint density at radius 1 is 1.23 bits per heavy atom. The van der Waals surface area contributed by atoms with Crippen LogP contribution in [0.25, 0.3) is 0 Å². The fourth-order valence-corrected chi connectivity index (χ4v) is 1.30. The van der Waals surface area contributed by atoms with Crippen LogP contribution < -0.4 is 0 Å². The van der Waals surface area contributed by atoms with Crippen molar-refractivity contribution in [2.75, 3.05) is 13.2 Å². The fourth-order valence-electron chi connectivity index (χ4n) is 1.30. The van der Waals surface area contributed by atoms with E-state index in [1.165, 1.54) is 25.7 Å². The van der Waals surface area contributed by atoms with Crippen molar-refractivity contribution in [3.05, 3.63) is 0 Å². The molecule has 2 unspecified atom stereocenters. The molecular weight excluding hydrogens is 164 g/mol. The highest BCUT2D eigenvalue weighted by Gasteiger charge is 2.06. The highest BCUT2D eigenvalue weighted by atomic mass is 16.5. The molecule has 0 aromatic heterocycles. The number of aliphatic hydroxyl groups excluding tert-OH is 1. The molecule has 0 heterocycles. The minimum atomic E-state index is -0.330. The first-order valence-corrected chi connectivity index (χ1v) is 5.46. The molecule has 0 amide bonds. The summed E-state index contributed by atoms with van der Waals surface area (Å²) in [5, 5.41) is 8.99. The van der Waals surface area contributed by atoms with Crippen LogP contribution in [0.15, 0.2) is 0 Å². The number of hydrogen-bond donors (Lipinski definition) is 1. The predicted octanol–water partition coefficient (Wildman–Crippen LogP) is 2.60. The zero-order chi connectivity index (χ0) is 10.1. The molecule has 0 aromatic carbocycles. The third kappa shape index (κ3) is 8.26. The minimum absolute atomic E-state index is 0.330. The van der Waals surface area contributed by atoms with Gasteiger partial charge in [0.1, 0.15) is 0 Å². The van der Waals surface area contributed by atoms with Crippen molar-refractivity contribution < 1.29 is 9.84 Å². The van der Waals surface area contributed by atoms with Crippen LogP contribution in [0.2, 0.25) is 0 Å². The largest absolute Gasteiger partial charge is 0.391 e. The number of ether oxygens (including phenoxy) is 1. The van der Waals surface area contributed by atoms with Gasteiger partial charge < -0.3 is 9.84 Å². The molecule has 13 heavy (non-hydrogen) atoms. The van der Waals surface area contributed by atoms with E-state index in [9.17, 15) is 0 Å². The van der Waals surface area contributed by atoms with E-state index in [1.54, 1.807) is 6.92 Å². The molecule has 0 aliphatic rings. The van der Waals surface area contributed by atoms with Gasteiger partial charge in [0.25, 0.3) is 0 Å². The minimum Gasteiger partial charge on any atom is -0.391 e. The second-order valence-corrected chi connectivity index (χ2v) is 3.80. The molecule has 2 heteroatoms. The second-order valence-electron chi connectivity index (χ2n) is 3.80. The number of rotatable bonds is 8. The maximum Gasteiger partial charge on any atom is 0.0745 e.